The molecule has 0 fully saturated rings. The Hall–Kier alpha value is -2.02. The van der Waals surface area contributed by atoms with Crippen LogP contribution in [0, 0.1) is 0 Å². The monoisotopic (exact) mass is 317 g/mol. The third-order valence-electron chi connectivity index (χ3n) is 5.53. The molecule has 1 aliphatic carbocycles. The van der Waals surface area contributed by atoms with Crippen LogP contribution in [-0.2, 0) is 6.54 Å². The predicted molar refractivity (Wildman–Crippen MR) is 104 cm³/mol. The van der Waals surface area contributed by atoms with Crippen LogP contribution in [0.2, 0.25) is 0 Å². The SMILES string of the molecule is c1ccc2c(c1)CNc1ccccc1C1=C2CCCCCCCC1. The van der Waals surface area contributed by atoms with Crippen molar-refractivity contribution in [1.82, 2.24) is 0 Å². The number of nitrogens with one attached hydrogen (secondary N) is 1. The first-order valence-electron chi connectivity index (χ1n) is 9.57. The average molecular weight is 317 g/mol. The molecule has 24 heavy (non-hydrogen) atoms. The topological polar surface area (TPSA) is 12.0 Å². The van der Waals surface area contributed by atoms with E-state index in [1.54, 1.807) is 11.1 Å². The molecule has 0 amide bonds. The van der Waals surface area contributed by atoms with Crippen molar-refractivity contribution in [2.24, 2.45) is 0 Å². The number of fused-ring (bicyclic) bond motifs is 4. The lowest BCUT2D eigenvalue weighted by Crippen LogP contribution is -2.09. The highest BCUT2D eigenvalue weighted by atomic mass is 14.9. The van der Waals surface area contributed by atoms with Gasteiger partial charge in [0.25, 0.3) is 0 Å². The van der Waals surface area contributed by atoms with Crippen LogP contribution < -0.4 is 5.32 Å². The molecule has 124 valence electrons. The predicted octanol–water partition coefficient (Wildman–Crippen LogP) is 6.66. The van der Waals surface area contributed by atoms with Crippen LogP contribution in [-0.4, -0.2) is 0 Å². The van der Waals surface area contributed by atoms with E-state index in [2.05, 4.69) is 53.8 Å². The van der Waals surface area contributed by atoms with E-state index in [1.807, 2.05) is 0 Å². The van der Waals surface area contributed by atoms with Gasteiger partial charge >= 0.3 is 0 Å². The minimum absolute atomic E-state index is 0.921. The van der Waals surface area contributed by atoms with E-state index in [9.17, 15) is 0 Å². The van der Waals surface area contributed by atoms with E-state index in [1.165, 1.54) is 73.7 Å². The largest absolute Gasteiger partial charge is 0.380 e. The fraction of sp³-hybridized carbons (Fsp3) is 0.391. The van der Waals surface area contributed by atoms with Crippen molar-refractivity contribution >= 4 is 16.8 Å². The molecule has 0 atom stereocenters. The van der Waals surface area contributed by atoms with Gasteiger partial charge in [0, 0.05) is 17.8 Å². The highest BCUT2D eigenvalue weighted by Gasteiger charge is 2.19. The second-order valence-corrected chi connectivity index (χ2v) is 7.13. The molecule has 4 rings (SSSR count). The normalized spacial score (nSPS) is 18.3. The molecule has 0 aromatic heterocycles. The molecular formula is C23H27N. The Kier molecular flexibility index (Phi) is 4.69. The fourth-order valence-electron chi connectivity index (χ4n) is 4.27. The highest BCUT2D eigenvalue weighted by Crippen LogP contribution is 2.40. The first-order valence-corrected chi connectivity index (χ1v) is 9.57. The Morgan fingerprint density at radius 3 is 1.96 bits per heavy atom. The van der Waals surface area contributed by atoms with E-state index in [-0.39, 0.29) is 0 Å². The summed E-state index contributed by atoms with van der Waals surface area (Å²) in [6.45, 7) is 0.921. The van der Waals surface area contributed by atoms with Gasteiger partial charge in [-0.2, -0.15) is 0 Å². The molecule has 0 saturated heterocycles. The van der Waals surface area contributed by atoms with Crippen molar-refractivity contribution < 1.29 is 0 Å². The smallest absolute Gasteiger partial charge is 0.0419 e. The maximum Gasteiger partial charge on any atom is 0.0419 e. The summed E-state index contributed by atoms with van der Waals surface area (Å²) in [6, 6.07) is 17.9. The fourth-order valence-corrected chi connectivity index (χ4v) is 4.27. The summed E-state index contributed by atoms with van der Waals surface area (Å²) in [5.74, 6) is 0. The van der Waals surface area contributed by atoms with Crippen LogP contribution in [0.3, 0.4) is 0 Å². The minimum atomic E-state index is 0.921. The average Bonchev–Trinajstić information content (AvgIpc) is 2.63. The van der Waals surface area contributed by atoms with E-state index in [4.69, 9.17) is 0 Å². The Labute approximate surface area is 145 Å². The molecule has 2 aromatic rings. The van der Waals surface area contributed by atoms with Crippen LogP contribution in [0.25, 0.3) is 11.1 Å². The third kappa shape index (κ3) is 3.13. The van der Waals surface area contributed by atoms with Crippen molar-refractivity contribution in [2.45, 2.75) is 57.9 Å². The molecule has 0 unspecified atom stereocenters. The Bertz CT molecular complexity index is 678. The Morgan fingerprint density at radius 1 is 0.583 bits per heavy atom. The van der Waals surface area contributed by atoms with Gasteiger partial charge in [0.05, 0.1) is 0 Å². The zero-order chi connectivity index (χ0) is 16.2. The number of allylic oxidation sites excluding steroid dienone is 2. The molecule has 0 bridgehead atoms. The minimum Gasteiger partial charge on any atom is -0.380 e. The number of benzene rings is 2. The van der Waals surface area contributed by atoms with Gasteiger partial charge in [-0.15, -0.1) is 0 Å². The van der Waals surface area contributed by atoms with Gasteiger partial charge in [-0.05, 0) is 54.0 Å². The van der Waals surface area contributed by atoms with Gasteiger partial charge in [0.2, 0.25) is 0 Å². The summed E-state index contributed by atoms with van der Waals surface area (Å²) in [4.78, 5) is 0. The second-order valence-electron chi connectivity index (χ2n) is 7.13. The van der Waals surface area contributed by atoms with Crippen molar-refractivity contribution in [3.63, 3.8) is 0 Å². The van der Waals surface area contributed by atoms with Crippen LogP contribution >= 0.6 is 0 Å². The number of hydrogen-bond acceptors (Lipinski definition) is 1. The summed E-state index contributed by atoms with van der Waals surface area (Å²) in [5.41, 5.74) is 8.86. The molecule has 0 saturated carbocycles. The summed E-state index contributed by atoms with van der Waals surface area (Å²) in [6.07, 6.45) is 10.6. The quantitative estimate of drug-likeness (QED) is 0.573. The zero-order valence-electron chi connectivity index (χ0n) is 14.5. The van der Waals surface area contributed by atoms with Crippen LogP contribution in [0.5, 0.6) is 0 Å². The lowest BCUT2D eigenvalue weighted by atomic mass is 9.83. The van der Waals surface area contributed by atoms with Gasteiger partial charge in [-0.1, -0.05) is 68.1 Å². The van der Waals surface area contributed by atoms with E-state index in [0.717, 1.165) is 6.54 Å². The standard InChI is InChI=1S/C23H27N/c1-2-4-6-14-21-20(13-5-3-1)19-12-8-7-11-18(19)17-24-23-16-10-9-15-22(21)23/h7-12,15-16,24H,1-6,13-14,17H2. The van der Waals surface area contributed by atoms with Crippen molar-refractivity contribution in [2.75, 3.05) is 5.32 Å². The van der Waals surface area contributed by atoms with Crippen LogP contribution in [0.1, 0.15) is 68.1 Å². The maximum absolute atomic E-state index is 3.68. The second kappa shape index (κ2) is 7.25. The van der Waals surface area contributed by atoms with E-state index < -0.39 is 0 Å². The number of rotatable bonds is 0. The van der Waals surface area contributed by atoms with Gasteiger partial charge in [0.15, 0.2) is 0 Å². The summed E-state index contributed by atoms with van der Waals surface area (Å²) < 4.78 is 0. The summed E-state index contributed by atoms with van der Waals surface area (Å²) in [7, 11) is 0. The van der Waals surface area contributed by atoms with Crippen molar-refractivity contribution in [1.29, 1.82) is 0 Å². The lowest BCUT2D eigenvalue weighted by Gasteiger charge is -2.25. The molecule has 1 aliphatic heterocycles. The molecule has 0 radical (unpaired) electrons. The third-order valence-corrected chi connectivity index (χ3v) is 5.53. The molecule has 1 nitrogen and oxygen atoms in total. The van der Waals surface area contributed by atoms with Gasteiger partial charge in [-0.25, -0.2) is 0 Å². The molecule has 1 heteroatoms. The molecular weight excluding hydrogens is 290 g/mol. The maximum atomic E-state index is 3.68. The summed E-state index contributed by atoms with van der Waals surface area (Å²) >= 11 is 0. The van der Waals surface area contributed by atoms with E-state index in [0.29, 0.717) is 0 Å². The van der Waals surface area contributed by atoms with Gasteiger partial charge < -0.3 is 5.32 Å². The molecule has 1 heterocycles. The van der Waals surface area contributed by atoms with Crippen LogP contribution in [0.4, 0.5) is 5.69 Å². The lowest BCUT2D eigenvalue weighted by molar-refractivity contribution is 0.598. The molecule has 0 spiro atoms. The van der Waals surface area contributed by atoms with Crippen LogP contribution in [0.15, 0.2) is 48.5 Å². The Morgan fingerprint density at radius 2 is 1.17 bits per heavy atom. The van der Waals surface area contributed by atoms with Crippen molar-refractivity contribution in [3.05, 3.63) is 65.2 Å². The molecule has 2 aliphatic rings. The molecule has 1 N–H and O–H groups in total. The number of hydrogen-bond donors (Lipinski definition) is 1. The van der Waals surface area contributed by atoms with Crippen molar-refractivity contribution in [3.8, 4) is 0 Å². The first kappa shape index (κ1) is 15.5. The number of para-hydroxylation sites is 1. The summed E-state index contributed by atoms with van der Waals surface area (Å²) in [5, 5.41) is 3.68. The Balaban J connectivity index is 1.90. The zero-order valence-corrected chi connectivity index (χ0v) is 14.5. The first-order chi connectivity index (χ1) is 11.9. The van der Waals surface area contributed by atoms with Gasteiger partial charge in [0.1, 0.15) is 0 Å². The van der Waals surface area contributed by atoms with Gasteiger partial charge in [-0.3, -0.25) is 0 Å². The highest BCUT2D eigenvalue weighted by molar-refractivity contribution is 5.95. The molecule has 2 aromatic carbocycles. The van der Waals surface area contributed by atoms with E-state index >= 15 is 0 Å². The number of anilines is 1.